The fourth-order valence-corrected chi connectivity index (χ4v) is 9.15. The van der Waals surface area contributed by atoms with Crippen LogP contribution in [-0.4, -0.2) is 46.2 Å². The van der Waals surface area contributed by atoms with Gasteiger partial charge in [-0.15, -0.1) is 11.3 Å². The lowest BCUT2D eigenvalue weighted by molar-refractivity contribution is -0.387. The molecule has 0 atom stereocenters. The zero-order valence-electron chi connectivity index (χ0n) is 25.7. The highest BCUT2D eigenvalue weighted by Gasteiger charge is 2.27. The van der Waals surface area contributed by atoms with Gasteiger partial charge in [-0.1, -0.05) is 48.5 Å². The summed E-state index contributed by atoms with van der Waals surface area (Å²) >= 11 is 2.32. The number of amides is 1. The van der Waals surface area contributed by atoms with E-state index in [-0.39, 0.29) is 31.8 Å². The average molecular weight is 710 g/mol. The Bertz CT molecular complexity index is 2370. The Morgan fingerprint density at radius 1 is 0.898 bits per heavy atom. The van der Waals surface area contributed by atoms with Crippen LogP contribution in [0.3, 0.4) is 0 Å². The average Bonchev–Trinajstić information content (AvgIpc) is 3.82. The predicted octanol–water partition coefficient (Wildman–Crippen LogP) is 7.21. The molecule has 3 heterocycles. The molecule has 2 aromatic heterocycles. The standard InChI is InChI=1S/C35H27N5O6S3/c41-32(36-25-14-16-27(17-15-25)49(45,46)38-19-7-8-20-38)24-13-18-30(29(21-24)40(43)44)48-35-37-33-28(22-31(47-33)23-9-3-1-4-10-23)34(42)39(35)26-11-5-2-6-12-26/h1-6,9-18,21-22H,7-8,19-20H2,(H,36,41). The first-order valence-electron chi connectivity index (χ1n) is 15.2. The van der Waals surface area contributed by atoms with E-state index in [4.69, 9.17) is 4.98 Å². The quantitative estimate of drug-likeness (QED) is 0.0942. The topological polar surface area (TPSA) is 145 Å². The second-order valence-electron chi connectivity index (χ2n) is 11.2. The monoisotopic (exact) mass is 709 g/mol. The Labute approximate surface area is 289 Å². The minimum absolute atomic E-state index is 0.0273. The number of nitrogens with zero attached hydrogens (tertiary/aromatic N) is 4. The first-order chi connectivity index (χ1) is 23.7. The molecule has 1 N–H and O–H groups in total. The molecule has 0 spiro atoms. The summed E-state index contributed by atoms with van der Waals surface area (Å²) in [7, 11) is -3.61. The van der Waals surface area contributed by atoms with Crippen LogP contribution in [0.2, 0.25) is 0 Å². The van der Waals surface area contributed by atoms with Crippen LogP contribution in [-0.2, 0) is 10.0 Å². The molecule has 1 aliphatic rings. The van der Waals surface area contributed by atoms with Gasteiger partial charge in [-0.2, -0.15) is 4.31 Å². The molecule has 11 nitrogen and oxygen atoms in total. The largest absolute Gasteiger partial charge is 0.322 e. The number of nitro benzene ring substituents is 1. The van der Waals surface area contributed by atoms with E-state index in [0.717, 1.165) is 35.0 Å². The molecule has 49 heavy (non-hydrogen) atoms. The molecule has 1 fully saturated rings. The highest BCUT2D eigenvalue weighted by molar-refractivity contribution is 7.99. The van der Waals surface area contributed by atoms with E-state index in [1.54, 1.807) is 24.3 Å². The fourth-order valence-electron chi connectivity index (χ4n) is 5.56. The minimum atomic E-state index is -3.61. The zero-order valence-corrected chi connectivity index (χ0v) is 28.1. The molecular weight excluding hydrogens is 683 g/mol. The summed E-state index contributed by atoms with van der Waals surface area (Å²) in [5.74, 6) is -0.609. The van der Waals surface area contributed by atoms with Gasteiger partial charge >= 0.3 is 0 Å². The van der Waals surface area contributed by atoms with Crippen molar-refractivity contribution >= 4 is 60.6 Å². The molecule has 0 bridgehead atoms. The van der Waals surface area contributed by atoms with Crippen LogP contribution in [0.15, 0.2) is 129 Å². The Morgan fingerprint density at radius 2 is 1.57 bits per heavy atom. The Balaban J connectivity index is 1.20. The van der Waals surface area contributed by atoms with Gasteiger partial charge in [0, 0.05) is 35.3 Å². The van der Waals surface area contributed by atoms with Crippen LogP contribution in [0.25, 0.3) is 26.3 Å². The normalized spacial score (nSPS) is 13.5. The van der Waals surface area contributed by atoms with Gasteiger partial charge in [-0.3, -0.25) is 24.3 Å². The van der Waals surface area contributed by atoms with Crippen molar-refractivity contribution < 1.29 is 18.1 Å². The molecule has 1 aliphatic heterocycles. The van der Waals surface area contributed by atoms with E-state index in [1.165, 1.54) is 62.7 Å². The van der Waals surface area contributed by atoms with Crippen LogP contribution >= 0.6 is 23.1 Å². The number of hydrogen-bond donors (Lipinski definition) is 1. The molecule has 0 saturated carbocycles. The lowest BCUT2D eigenvalue weighted by Gasteiger charge is -2.15. The van der Waals surface area contributed by atoms with Crippen molar-refractivity contribution in [1.82, 2.24) is 13.9 Å². The summed E-state index contributed by atoms with van der Waals surface area (Å²) in [6.45, 7) is 0.957. The van der Waals surface area contributed by atoms with E-state index in [9.17, 15) is 28.1 Å². The van der Waals surface area contributed by atoms with Crippen LogP contribution in [0.4, 0.5) is 11.4 Å². The number of carbonyl (C=O) groups is 1. The number of nitro groups is 1. The number of fused-ring (bicyclic) bond motifs is 1. The SMILES string of the molecule is O=C(Nc1ccc(S(=O)(=O)N2CCCC2)cc1)c1ccc(Sc2nc3sc(-c4ccccc4)cc3c(=O)n2-c2ccccc2)c([N+](=O)[O-])c1. The van der Waals surface area contributed by atoms with E-state index < -0.39 is 20.9 Å². The first-order valence-corrected chi connectivity index (χ1v) is 18.3. The third kappa shape index (κ3) is 6.50. The molecule has 0 aliphatic carbocycles. The van der Waals surface area contributed by atoms with Crippen molar-refractivity contribution in [1.29, 1.82) is 0 Å². The molecule has 7 rings (SSSR count). The molecule has 1 saturated heterocycles. The highest BCUT2D eigenvalue weighted by Crippen LogP contribution is 2.38. The molecule has 246 valence electrons. The summed E-state index contributed by atoms with van der Waals surface area (Å²) in [5.41, 5.74) is 1.21. The van der Waals surface area contributed by atoms with E-state index in [0.29, 0.717) is 34.7 Å². The first kappa shape index (κ1) is 32.4. The lowest BCUT2D eigenvalue weighted by Crippen LogP contribution is -2.27. The zero-order chi connectivity index (χ0) is 34.1. The van der Waals surface area contributed by atoms with E-state index in [1.807, 2.05) is 42.5 Å². The number of sulfonamides is 1. The number of rotatable bonds is 9. The Hall–Kier alpha value is -5.15. The summed E-state index contributed by atoms with van der Waals surface area (Å²) in [4.78, 5) is 45.3. The van der Waals surface area contributed by atoms with Gasteiger partial charge in [0.1, 0.15) is 4.83 Å². The van der Waals surface area contributed by atoms with Crippen molar-refractivity contribution in [3.8, 4) is 16.1 Å². The van der Waals surface area contributed by atoms with Crippen molar-refractivity contribution in [3.05, 3.63) is 135 Å². The maximum absolute atomic E-state index is 14.0. The van der Waals surface area contributed by atoms with Crippen LogP contribution in [0, 0.1) is 10.1 Å². The number of thiophene rings is 1. The summed E-state index contributed by atoms with van der Waals surface area (Å²) in [6, 6.07) is 30.3. The Morgan fingerprint density at radius 3 is 2.24 bits per heavy atom. The van der Waals surface area contributed by atoms with Crippen LogP contribution in [0.1, 0.15) is 23.2 Å². The molecule has 0 unspecified atom stereocenters. The highest BCUT2D eigenvalue weighted by atomic mass is 32.2. The number of benzene rings is 4. The van der Waals surface area contributed by atoms with Crippen LogP contribution < -0.4 is 10.9 Å². The van der Waals surface area contributed by atoms with Gasteiger partial charge in [0.15, 0.2) is 5.16 Å². The van der Waals surface area contributed by atoms with Crippen molar-refractivity contribution in [3.63, 3.8) is 0 Å². The fraction of sp³-hybridized carbons (Fsp3) is 0.114. The smallest absolute Gasteiger partial charge is 0.284 e. The maximum Gasteiger partial charge on any atom is 0.284 e. The van der Waals surface area contributed by atoms with Gasteiger partial charge in [-0.25, -0.2) is 13.4 Å². The number of hydrogen-bond acceptors (Lipinski definition) is 9. The third-order valence-corrected chi connectivity index (χ3v) is 12.1. The van der Waals surface area contributed by atoms with Crippen LogP contribution in [0.5, 0.6) is 0 Å². The van der Waals surface area contributed by atoms with Gasteiger partial charge in [0.2, 0.25) is 10.0 Å². The molecule has 1 amide bonds. The number of anilines is 1. The van der Waals surface area contributed by atoms with Gasteiger partial charge in [0.05, 0.1) is 25.8 Å². The number of carbonyl (C=O) groups excluding carboxylic acids is 1. The Kier molecular flexibility index (Phi) is 8.86. The summed E-state index contributed by atoms with van der Waals surface area (Å²) < 4.78 is 28.6. The molecular formula is C35H27N5O6S3. The number of aromatic nitrogens is 2. The van der Waals surface area contributed by atoms with Gasteiger partial charge < -0.3 is 5.32 Å². The maximum atomic E-state index is 14.0. The number of para-hydroxylation sites is 1. The predicted molar refractivity (Wildman–Crippen MR) is 190 cm³/mol. The van der Waals surface area contributed by atoms with Crippen molar-refractivity contribution in [2.75, 3.05) is 18.4 Å². The molecule has 4 aromatic carbocycles. The third-order valence-electron chi connectivity index (χ3n) is 8.04. The second kappa shape index (κ2) is 13.4. The molecule has 14 heteroatoms. The lowest BCUT2D eigenvalue weighted by atomic mass is 10.2. The number of nitrogens with one attached hydrogen (secondary N) is 1. The molecule has 0 radical (unpaired) electrons. The minimum Gasteiger partial charge on any atom is -0.322 e. The van der Waals surface area contributed by atoms with Gasteiger partial charge in [-0.05, 0) is 84.8 Å². The van der Waals surface area contributed by atoms with E-state index in [2.05, 4.69) is 5.32 Å². The summed E-state index contributed by atoms with van der Waals surface area (Å²) in [5, 5.41) is 15.6. The molecule has 6 aromatic rings. The van der Waals surface area contributed by atoms with Gasteiger partial charge in [0.25, 0.3) is 17.2 Å². The second-order valence-corrected chi connectivity index (χ2v) is 15.2. The van der Waals surface area contributed by atoms with Crippen molar-refractivity contribution in [2.45, 2.75) is 27.8 Å². The van der Waals surface area contributed by atoms with E-state index >= 15 is 0 Å². The van der Waals surface area contributed by atoms with Crippen molar-refractivity contribution in [2.24, 2.45) is 0 Å². The summed E-state index contributed by atoms with van der Waals surface area (Å²) in [6.07, 6.45) is 1.64.